The maximum Gasteiger partial charge on any atom is 0.258 e. The zero-order valence-electron chi connectivity index (χ0n) is 19.2. The van der Waals surface area contributed by atoms with Crippen LogP contribution < -0.4 is 16.0 Å². The summed E-state index contributed by atoms with van der Waals surface area (Å²) in [5, 5.41) is 6.95. The van der Waals surface area contributed by atoms with Gasteiger partial charge in [-0.15, -0.1) is 0 Å². The van der Waals surface area contributed by atoms with Crippen LogP contribution in [0.2, 0.25) is 0 Å². The molecule has 0 unspecified atom stereocenters. The van der Waals surface area contributed by atoms with E-state index in [0.29, 0.717) is 22.8 Å². The Bertz CT molecular complexity index is 1330. The van der Waals surface area contributed by atoms with Crippen molar-refractivity contribution in [2.45, 2.75) is 0 Å². The maximum absolute atomic E-state index is 13.1. The molecule has 0 atom stereocenters. The van der Waals surface area contributed by atoms with Crippen molar-refractivity contribution in [3.05, 3.63) is 78.5 Å². The highest BCUT2D eigenvalue weighted by molar-refractivity contribution is 6.04. The predicted octanol–water partition coefficient (Wildman–Crippen LogP) is 3.05. The van der Waals surface area contributed by atoms with E-state index >= 15 is 0 Å². The van der Waals surface area contributed by atoms with E-state index in [1.54, 1.807) is 6.20 Å². The molecule has 1 saturated heterocycles. The summed E-state index contributed by atoms with van der Waals surface area (Å²) in [4.78, 5) is 26.2. The topological polar surface area (TPSA) is 105 Å². The zero-order chi connectivity index (χ0) is 24.4. The molecule has 5 rings (SSSR count). The number of aromatic nitrogens is 4. The number of carbonyl (C=O) groups excluding carboxylic acids is 1. The van der Waals surface area contributed by atoms with E-state index < -0.39 is 0 Å². The van der Waals surface area contributed by atoms with Gasteiger partial charge in [0.1, 0.15) is 5.82 Å². The van der Waals surface area contributed by atoms with E-state index in [-0.39, 0.29) is 17.5 Å². The molecule has 9 nitrogen and oxygen atoms in total. The first-order valence-electron chi connectivity index (χ1n) is 11.2. The van der Waals surface area contributed by atoms with Crippen LogP contribution in [0.5, 0.6) is 0 Å². The van der Waals surface area contributed by atoms with Crippen LogP contribution in [0.15, 0.2) is 67.1 Å². The van der Waals surface area contributed by atoms with Gasteiger partial charge in [-0.05, 0) is 43.4 Å². The number of nitrogens with one attached hydrogen (secondary N) is 1. The fraction of sp³-hybridized carbons (Fsp3) is 0.200. The van der Waals surface area contributed by atoms with E-state index in [1.165, 1.54) is 47.0 Å². The molecule has 1 fully saturated rings. The lowest BCUT2D eigenvalue weighted by Gasteiger charge is -2.34. The number of nitrogens with zero attached hydrogens (tertiary/aromatic N) is 6. The van der Waals surface area contributed by atoms with E-state index in [4.69, 9.17) is 5.73 Å². The van der Waals surface area contributed by atoms with E-state index in [2.05, 4.69) is 49.4 Å². The van der Waals surface area contributed by atoms with Crippen molar-refractivity contribution >= 4 is 23.1 Å². The number of piperazine rings is 1. The minimum Gasteiger partial charge on any atom is -0.381 e. The number of hydrogen-bond acceptors (Lipinski definition) is 7. The Morgan fingerprint density at radius 2 is 1.71 bits per heavy atom. The number of halogens is 1. The molecule has 178 valence electrons. The number of nitrogens with two attached hydrogens (primary N) is 1. The van der Waals surface area contributed by atoms with Crippen molar-refractivity contribution in [3.8, 4) is 17.1 Å². The number of nitrogen functional groups attached to an aromatic ring is 1. The third kappa shape index (κ3) is 4.97. The molecule has 0 radical (unpaired) electrons. The highest BCUT2D eigenvalue weighted by Crippen LogP contribution is 2.24. The van der Waals surface area contributed by atoms with Gasteiger partial charge in [0.25, 0.3) is 5.91 Å². The minimum atomic E-state index is -0.384. The van der Waals surface area contributed by atoms with Crippen molar-refractivity contribution in [3.63, 3.8) is 0 Å². The van der Waals surface area contributed by atoms with Crippen molar-refractivity contribution < 1.29 is 9.18 Å². The first-order chi connectivity index (χ1) is 17.0. The van der Waals surface area contributed by atoms with Gasteiger partial charge in [-0.3, -0.25) is 4.79 Å². The molecule has 0 spiro atoms. The molecule has 1 amide bonds. The quantitative estimate of drug-likeness (QED) is 0.460. The lowest BCUT2D eigenvalue weighted by Crippen LogP contribution is -2.44. The third-order valence-electron chi connectivity index (χ3n) is 5.98. The Hall–Kier alpha value is -4.31. The fourth-order valence-electron chi connectivity index (χ4n) is 3.90. The van der Waals surface area contributed by atoms with Crippen LogP contribution in [0.25, 0.3) is 17.1 Å². The van der Waals surface area contributed by atoms with E-state index in [1.807, 2.05) is 12.1 Å². The smallest absolute Gasteiger partial charge is 0.258 e. The van der Waals surface area contributed by atoms with Gasteiger partial charge in [-0.2, -0.15) is 5.10 Å². The first kappa shape index (κ1) is 22.5. The minimum absolute atomic E-state index is 0.191. The van der Waals surface area contributed by atoms with Crippen molar-refractivity contribution in [2.75, 3.05) is 49.2 Å². The van der Waals surface area contributed by atoms with E-state index in [9.17, 15) is 9.18 Å². The molecule has 0 aliphatic carbocycles. The molecule has 2 aromatic carbocycles. The molecule has 3 heterocycles. The lowest BCUT2D eigenvalue weighted by atomic mass is 10.1. The van der Waals surface area contributed by atoms with Gasteiger partial charge in [0, 0.05) is 49.3 Å². The molecule has 10 heteroatoms. The van der Waals surface area contributed by atoms with Gasteiger partial charge in [0.15, 0.2) is 11.6 Å². The Morgan fingerprint density at radius 3 is 2.43 bits per heavy atom. The summed E-state index contributed by atoms with van der Waals surface area (Å²) in [6, 6.07) is 13.7. The van der Waals surface area contributed by atoms with Crippen LogP contribution >= 0.6 is 0 Å². The number of rotatable bonds is 5. The van der Waals surface area contributed by atoms with Crippen LogP contribution in [0.4, 0.5) is 21.6 Å². The zero-order valence-corrected chi connectivity index (χ0v) is 19.2. The summed E-state index contributed by atoms with van der Waals surface area (Å²) in [7, 11) is 2.14. The Morgan fingerprint density at radius 1 is 1.00 bits per heavy atom. The molecule has 1 aliphatic rings. The largest absolute Gasteiger partial charge is 0.381 e. The summed E-state index contributed by atoms with van der Waals surface area (Å²) in [6.45, 7) is 4.08. The number of hydrogen-bond donors (Lipinski definition) is 2. The van der Waals surface area contributed by atoms with Crippen LogP contribution in [-0.2, 0) is 0 Å². The Balaban J connectivity index is 1.34. The summed E-state index contributed by atoms with van der Waals surface area (Å²) in [6.07, 6.45) is 4.56. The highest BCUT2D eigenvalue weighted by atomic mass is 19.1. The van der Waals surface area contributed by atoms with Crippen LogP contribution in [-0.4, -0.2) is 63.8 Å². The highest BCUT2D eigenvalue weighted by Gasteiger charge is 2.16. The van der Waals surface area contributed by atoms with Gasteiger partial charge < -0.3 is 20.9 Å². The van der Waals surface area contributed by atoms with E-state index in [0.717, 1.165) is 31.7 Å². The molecule has 4 aromatic rings. The molecule has 0 saturated carbocycles. The van der Waals surface area contributed by atoms with Crippen molar-refractivity contribution in [1.29, 1.82) is 0 Å². The molecule has 2 aromatic heterocycles. The van der Waals surface area contributed by atoms with Crippen molar-refractivity contribution in [2.24, 2.45) is 0 Å². The number of anilines is 3. The summed E-state index contributed by atoms with van der Waals surface area (Å²) >= 11 is 0. The van der Waals surface area contributed by atoms with Crippen LogP contribution in [0, 0.1) is 5.82 Å². The van der Waals surface area contributed by atoms with Crippen molar-refractivity contribution in [1.82, 2.24) is 24.6 Å². The van der Waals surface area contributed by atoms with Gasteiger partial charge in [0.2, 0.25) is 0 Å². The Labute approximate surface area is 202 Å². The van der Waals surface area contributed by atoms with Crippen LogP contribution in [0.1, 0.15) is 10.4 Å². The molecule has 1 aliphatic heterocycles. The SMILES string of the molecule is CN1CCN(c2ccc(-c3cnc(N)c(-n4cc(C(=O)Nc5ccc(F)cc5)cn4)n3)cc2)CC1. The monoisotopic (exact) mass is 472 g/mol. The second-order valence-electron chi connectivity index (χ2n) is 8.44. The van der Waals surface area contributed by atoms with Gasteiger partial charge in [-0.25, -0.2) is 19.0 Å². The molecular formula is C25H25FN8O. The average molecular weight is 473 g/mol. The fourth-order valence-corrected chi connectivity index (χ4v) is 3.90. The maximum atomic E-state index is 13.1. The van der Waals surface area contributed by atoms with Gasteiger partial charge >= 0.3 is 0 Å². The summed E-state index contributed by atoms with van der Waals surface area (Å²) in [5.41, 5.74) is 9.58. The van der Waals surface area contributed by atoms with Gasteiger partial charge in [-0.1, -0.05) is 12.1 Å². The Kier molecular flexibility index (Phi) is 6.11. The second-order valence-corrected chi connectivity index (χ2v) is 8.44. The number of benzene rings is 2. The van der Waals surface area contributed by atoms with Crippen LogP contribution in [0.3, 0.4) is 0 Å². The first-order valence-corrected chi connectivity index (χ1v) is 11.2. The second kappa shape index (κ2) is 9.51. The summed E-state index contributed by atoms with van der Waals surface area (Å²) < 4.78 is 14.5. The number of likely N-dealkylation sites (N-methyl/N-ethyl adjacent to an activating group) is 1. The number of amides is 1. The normalized spacial score (nSPS) is 14.2. The van der Waals surface area contributed by atoms with Gasteiger partial charge in [0.05, 0.1) is 23.7 Å². The molecule has 0 bridgehead atoms. The molecule has 3 N–H and O–H groups in total. The predicted molar refractivity (Wildman–Crippen MR) is 133 cm³/mol. The number of carbonyl (C=O) groups is 1. The standard InChI is InChI=1S/C25H25FN8O/c1-32-10-12-33(13-11-32)21-8-2-17(3-9-21)22-15-28-23(27)24(31-22)34-16-18(14-29-34)25(35)30-20-6-4-19(26)5-7-20/h2-9,14-16H,10-13H2,1H3,(H2,27,28)(H,30,35). The summed E-state index contributed by atoms with van der Waals surface area (Å²) in [5.74, 6) is -0.244. The average Bonchev–Trinajstić information content (AvgIpc) is 3.37. The molecule has 35 heavy (non-hydrogen) atoms. The third-order valence-corrected chi connectivity index (χ3v) is 5.98. The molecular weight excluding hydrogens is 447 g/mol. The lowest BCUT2D eigenvalue weighted by molar-refractivity contribution is 0.102.